The number of nitrogens with zero attached hydrogens (tertiary/aromatic N) is 4. The van der Waals surface area contributed by atoms with Gasteiger partial charge < -0.3 is 39.8 Å². The molecule has 4 aromatic rings. The van der Waals surface area contributed by atoms with Crippen molar-refractivity contribution in [1.82, 2.24) is 20.5 Å². The predicted molar refractivity (Wildman–Crippen MR) is 257 cm³/mol. The van der Waals surface area contributed by atoms with Crippen LogP contribution < -0.4 is 25.2 Å². The number of para-hydroxylation sites is 1. The molecule has 0 spiro atoms. The largest absolute Gasteiger partial charge is 0.494 e. The van der Waals surface area contributed by atoms with E-state index in [1.807, 2.05) is 131 Å². The van der Waals surface area contributed by atoms with Gasteiger partial charge >= 0.3 is 0 Å². The number of nitrogens with one attached hydrogen (secondary N) is 2. The maximum absolute atomic E-state index is 13.9. The number of thiazole rings is 1. The maximum Gasteiger partial charge on any atom is 0.259 e. The lowest BCUT2D eigenvalue weighted by Gasteiger charge is -2.35. The fraction of sp³-hybridized carbons (Fsp3) is 0.469. The number of ether oxygens (including phenoxy) is 3. The zero-order valence-electron chi connectivity index (χ0n) is 38.2. The Hall–Kier alpha value is -5.26. The molecule has 6 rings (SSSR count). The van der Waals surface area contributed by atoms with Crippen molar-refractivity contribution in [3.8, 4) is 16.2 Å². The van der Waals surface area contributed by atoms with Gasteiger partial charge in [0.2, 0.25) is 17.7 Å². The summed E-state index contributed by atoms with van der Waals surface area (Å²) in [7, 11) is 0. The minimum absolute atomic E-state index is 0.00375. The molecule has 0 unspecified atom stereocenters. The number of thiocarbonyl (C=S) groups is 1. The first-order valence-electron chi connectivity index (χ1n) is 22.2. The van der Waals surface area contributed by atoms with Crippen molar-refractivity contribution in [2.45, 2.75) is 104 Å². The Balaban J connectivity index is 0.835. The lowest BCUT2D eigenvalue weighted by Crippen LogP contribution is -2.58. The van der Waals surface area contributed by atoms with E-state index < -0.39 is 41.0 Å². The number of benzene rings is 3. The van der Waals surface area contributed by atoms with Crippen molar-refractivity contribution >= 4 is 63.7 Å². The second-order valence-corrected chi connectivity index (χ2v) is 19.2. The van der Waals surface area contributed by atoms with Gasteiger partial charge in [-0.1, -0.05) is 63.2 Å². The van der Waals surface area contributed by atoms with E-state index in [1.54, 1.807) is 16.2 Å². The fourth-order valence-electron chi connectivity index (χ4n) is 7.91. The van der Waals surface area contributed by atoms with Crippen LogP contribution in [0.4, 0.5) is 11.4 Å². The number of amides is 4. The molecule has 3 heterocycles. The van der Waals surface area contributed by atoms with Gasteiger partial charge in [0.15, 0.2) is 5.11 Å². The number of carbonyl (C=O) groups excluding carboxylic acids is 4. The van der Waals surface area contributed by atoms with E-state index in [1.165, 1.54) is 4.90 Å². The number of aryl methyl sites for hydroxylation is 1. The van der Waals surface area contributed by atoms with Crippen molar-refractivity contribution in [1.29, 1.82) is 0 Å². The normalized spacial score (nSPS) is 17.7. The summed E-state index contributed by atoms with van der Waals surface area (Å²) in [5.41, 5.74) is 4.78. The molecule has 0 radical (unpaired) electrons. The Labute approximate surface area is 391 Å². The monoisotopic (exact) mass is 926 g/mol. The molecule has 14 nitrogen and oxygen atoms in total. The van der Waals surface area contributed by atoms with Crippen molar-refractivity contribution in [2.24, 2.45) is 5.41 Å². The summed E-state index contributed by atoms with van der Waals surface area (Å²) >= 11 is 7.35. The van der Waals surface area contributed by atoms with Gasteiger partial charge in [-0.15, -0.1) is 11.3 Å². The lowest BCUT2D eigenvalue weighted by molar-refractivity contribution is -0.144. The Morgan fingerprint density at radius 1 is 0.908 bits per heavy atom. The van der Waals surface area contributed by atoms with E-state index in [9.17, 15) is 24.3 Å². The van der Waals surface area contributed by atoms with Gasteiger partial charge in [-0.3, -0.25) is 24.1 Å². The van der Waals surface area contributed by atoms with Crippen LogP contribution in [0.5, 0.6) is 5.75 Å². The molecular weight excluding hydrogens is 865 g/mol. The highest BCUT2D eigenvalue weighted by atomic mass is 32.1. The first-order chi connectivity index (χ1) is 31.1. The van der Waals surface area contributed by atoms with Gasteiger partial charge in [0.25, 0.3) is 5.91 Å². The molecule has 4 amide bonds. The molecule has 2 aliphatic heterocycles. The Morgan fingerprint density at radius 3 is 2.26 bits per heavy atom. The third-order valence-corrected chi connectivity index (χ3v) is 12.8. The molecule has 1 aromatic heterocycles. The lowest BCUT2D eigenvalue weighted by atomic mass is 9.85. The smallest absolute Gasteiger partial charge is 0.259 e. The van der Waals surface area contributed by atoms with E-state index in [2.05, 4.69) is 15.6 Å². The number of rotatable bonds is 21. The summed E-state index contributed by atoms with van der Waals surface area (Å²) in [6, 6.07) is 23.1. The molecule has 348 valence electrons. The number of aliphatic hydroxyl groups is 1. The number of anilines is 2. The van der Waals surface area contributed by atoms with Crippen LogP contribution in [0, 0.1) is 12.3 Å². The number of β-amino-alcohol motifs (C(OH)–C–C–N with tert-alkyl or cyclic N) is 1. The average Bonchev–Trinajstić information content (AvgIpc) is 3.94. The molecule has 3 N–H and O–H groups in total. The van der Waals surface area contributed by atoms with Gasteiger partial charge in [-0.05, 0) is 112 Å². The number of hydrogen-bond acceptors (Lipinski definition) is 11. The Bertz CT molecular complexity index is 2250. The quantitative estimate of drug-likeness (QED) is 0.0594. The topological polar surface area (TPSA) is 163 Å². The van der Waals surface area contributed by atoms with Crippen LogP contribution in [0.25, 0.3) is 10.4 Å². The van der Waals surface area contributed by atoms with Crippen LogP contribution in [0.3, 0.4) is 0 Å². The molecule has 16 heteroatoms. The maximum atomic E-state index is 13.9. The Morgan fingerprint density at radius 2 is 1.58 bits per heavy atom. The molecule has 0 aliphatic carbocycles. The second kappa shape index (κ2) is 22.3. The highest BCUT2D eigenvalue weighted by molar-refractivity contribution is 7.81. The molecule has 2 aliphatic rings. The third kappa shape index (κ3) is 12.6. The summed E-state index contributed by atoms with van der Waals surface area (Å²) in [5, 5.41) is 16.7. The molecular formula is C49H62N6O8S2. The number of aromatic nitrogens is 1. The highest BCUT2D eigenvalue weighted by Gasteiger charge is 2.50. The summed E-state index contributed by atoms with van der Waals surface area (Å²) < 4.78 is 17.4. The van der Waals surface area contributed by atoms with Crippen LogP contribution in [-0.2, 0) is 35.2 Å². The van der Waals surface area contributed by atoms with Gasteiger partial charge in [0, 0.05) is 45.0 Å². The van der Waals surface area contributed by atoms with Gasteiger partial charge in [0.05, 0.1) is 34.5 Å². The van der Waals surface area contributed by atoms with Crippen molar-refractivity contribution in [2.75, 3.05) is 49.4 Å². The van der Waals surface area contributed by atoms with Crippen LogP contribution in [0.1, 0.15) is 78.0 Å². The summed E-state index contributed by atoms with van der Waals surface area (Å²) in [5.74, 6) is -0.569. The Kier molecular flexibility index (Phi) is 16.9. The summed E-state index contributed by atoms with van der Waals surface area (Å²) in [4.78, 5) is 63.9. The number of unbranched alkanes of at least 4 members (excludes halogenated alkanes) is 2. The third-order valence-electron chi connectivity index (χ3n) is 11.5. The van der Waals surface area contributed by atoms with Crippen LogP contribution in [0.2, 0.25) is 0 Å². The first kappa shape index (κ1) is 49.2. The zero-order valence-corrected chi connectivity index (χ0v) is 39.8. The van der Waals surface area contributed by atoms with E-state index in [-0.39, 0.29) is 37.9 Å². The first-order valence-corrected chi connectivity index (χ1v) is 23.5. The van der Waals surface area contributed by atoms with Crippen LogP contribution in [0.15, 0.2) is 84.4 Å². The van der Waals surface area contributed by atoms with Crippen LogP contribution in [-0.4, -0.2) is 107 Å². The van der Waals surface area contributed by atoms with Crippen molar-refractivity contribution < 1.29 is 38.5 Å². The zero-order chi connectivity index (χ0) is 46.7. The molecule has 2 fully saturated rings. The molecule has 65 heavy (non-hydrogen) atoms. The van der Waals surface area contributed by atoms with Gasteiger partial charge in [-0.25, -0.2) is 4.98 Å². The number of carbonyl (C=O) groups is 4. The predicted octanol–water partition coefficient (Wildman–Crippen LogP) is 6.82. The summed E-state index contributed by atoms with van der Waals surface area (Å²) in [6.07, 6.45) is 2.52. The number of likely N-dealkylation sites (tertiary alicyclic amines) is 1. The van der Waals surface area contributed by atoms with Crippen molar-refractivity contribution in [3.63, 3.8) is 0 Å². The minimum atomic E-state index is -0.941. The molecule has 0 saturated carbocycles. The molecule has 2 saturated heterocycles. The standard InChI is InChI=1S/C49H62N6O8S2/c1-33-42(65-32-51-33)35-18-16-34(17-19-35)29-50-44(58)40-28-38(56)30-53(40)45(59)43(48(2,3)4)52-41(57)31-62-26-13-25-61-24-11-8-12-27-63-39-22-20-37(21-23-39)55-47(64)54(46(60)49(55,5)6)36-14-9-7-10-15-36/h7,9-10,14-23,32,38,40,43,56H,8,11-13,24-31H2,1-6H3,(H,50,58)(H,52,57)/t38-,40+,43-/m1/s1. The highest BCUT2D eigenvalue weighted by Crippen LogP contribution is 2.37. The van der Waals surface area contributed by atoms with E-state index in [0.29, 0.717) is 38.0 Å². The summed E-state index contributed by atoms with van der Waals surface area (Å²) in [6.45, 7) is 13.2. The van der Waals surface area contributed by atoms with E-state index >= 15 is 0 Å². The van der Waals surface area contributed by atoms with E-state index in [4.69, 9.17) is 26.4 Å². The van der Waals surface area contributed by atoms with Gasteiger partial charge in [-0.2, -0.15) is 0 Å². The molecule has 3 atom stereocenters. The van der Waals surface area contributed by atoms with E-state index in [0.717, 1.165) is 58.1 Å². The van der Waals surface area contributed by atoms with Crippen molar-refractivity contribution in [3.05, 3.63) is 95.6 Å². The fourth-order valence-corrected chi connectivity index (χ4v) is 9.24. The minimum Gasteiger partial charge on any atom is -0.494 e. The SMILES string of the molecule is Cc1ncsc1-c1ccc(CNC(=O)[C@@H]2C[C@@H](O)CN2C(=O)[C@@H](NC(=O)COCCCOCCCCCOc2ccc(N3C(=S)N(c4ccccc4)C(=O)C3(C)C)cc2)C(C)(C)C)cc1. The molecule has 3 aromatic carbocycles. The average molecular weight is 927 g/mol. The molecule has 0 bridgehead atoms. The number of aliphatic hydroxyl groups excluding tert-OH is 1. The van der Waals surface area contributed by atoms with Gasteiger partial charge in [0.1, 0.15) is 30.0 Å². The van der Waals surface area contributed by atoms with Crippen LogP contribution >= 0.6 is 23.6 Å². The number of hydrogen-bond donors (Lipinski definition) is 3. The second-order valence-electron chi connectivity index (χ2n) is 18.0.